The average Bonchev–Trinajstić information content (AvgIpc) is 3.39. The van der Waals surface area contributed by atoms with E-state index in [9.17, 15) is 24.3 Å². The van der Waals surface area contributed by atoms with Gasteiger partial charge < -0.3 is 19.9 Å². The maximum Gasteiger partial charge on any atom is 0.407 e. The Bertz CT molecular complexity index is 1450. The highest BCUT2D eigenvalue weighted by Gasteiger charge is 2.46. The third-order valence-corrected chi connectivity index (χ3v) is 7.19. The number of hydrogen-bond acceptors (Lipinski definition) is 6. The van der Waals surface area contributed by atoms with Gasteiger partial charge in [-0.05, 0) is 60.7 Å². The number of benzene rings is 3. The molecular weight excluding hydrogens is 524 g/mol. The summed E-state index contributed by atoms with van der Waals surface area (Å²) in [5.41, 5.74) is 4.48. The quantitative estimate of drug-likeness (QED) is 0.391. The van der Waals surface area contributed by atoms with Crippen molar-refractivity contribution < 1.29 is 33.8 Å². The van der Waals surface area contributed by atoms with E-state index in [1.807, 2.05) is 69.3 Å². The number of ether oxygens (including phenoxy) is 2. The van der Waals surface area contributed by atoms with Gasteiger partial charge >= 0.3 is 12.1 Å². The predicted molar refractivity (Wildman–Crippen MR) is 150 cm³/mol. The second kappa shape index (κ2) is 11.1. The molecule has 212 valence electrons. The van der Waals surface area contributed by atoms with Crippen LogP contribution in [0.15, 0.2) is 72.8 Å². The van der Waals surface area contributed by atoms with E-state index in [0.717, 1.165) is 27.2 Å². The normalized spacial score (nSPS) is 17.1. The molecule has 41 heavy (non-hydrogen) atoms. The van der Waals surface area contributed by atoms with Gasteiger partial charge in [-0.3, -0.25) is 14.5 Å². The molecule has 3 amide bonds. The topological polar surface area (TPSA) is 122 Å². The smallest absolute Gasteiger partial charge is 0.407 e. The molecule has 9 nitrogen and oxygen atoms in total. The fourth-order valence-electron chi connectivity index (χ4n) is 5.43. The van der Waals surface area contributed by atoms with Crippen LogP contribution in [-0.4, -0.2) is 58.2 Å². The molecule has 0 radical (unpaired) electrons. The van der Waals surface area contributed by atoms with Crippen molar-refractivity contribution in [3.63, 3.8) is 0 Å². The minimum Gasteiger partial charge on any atom is -0.488 e. The molecule has 2 atom stereocenters. The molecule has 2 aliphatic rings. The molecule has 0 spiro atoms. The highest BCUT2D eigenvalue weighted by Crippen LogP contribution is 2.44. The molecule has 0 aromatic heterocycles. The number of carbonyl (C=O) groups excluding carboxylic acids is 3. The number of likely N-dealkylation sites (tertiary alicyclic amines) is 1. The van der Waals surface area contributed by atoms with Crippen LogP contribution < -0.4 is 10.1 Å². The first-order valence-corrected chi connectivity index (χ1v) is 13.5. The molecule has 0 unspecified atom stereocenters. The Balaban J connectivity index is 1.22. The third-order valence-electron chi connectivity index (χ3n) is 7.19. The van der Waals surface area contributed by atoms with Gasteiger partial charge in [-0.15, -0.1) is 0 Å². The number of nitrogens with zero attached hydrogens (tertiary/aromatic N) is 1. The number of carbonyl (C=O) groups is 4. The van der Waals surface area contributed by atoms with Gasteiger partial charge in [0, 0.05) is 12.3 Å². The Morgan fingerprint density at radius 3 is 2.10 bits per heavy atom. The summed E-state index contributed by atoms with van der Waals surface area (Å²) >= 11 is 0. The van der Waals surface area contributed by atoms with Crippen molar-refractivity contribution in [3.8, 4) is 16.9 Å². The van der Waals surface area contributed by atoms with Crippen LogP contribution in [0.5, 0.6) is 5.75 Å². The zero-order chi connectivity index (χ0) is 29.3. The second-order valence-electron chi connectivity index (χ2n) is 11.2. The minimum absolute atomic E-state index is 0.0467. The summed E-state index contributed by atoms with van der Waals surface area (Å²) in [5, 5.41) is 12.4. The van der Waals surface area contributed by atoms with Crippen molar-refractivity contribution in [1.29, 1.82) is 0 Å². The van der Waals surface area contributed by atoms with Gasteiger partial charge in [0.05, 0.1) is 6.42 Å². The molecule has 9 heteroatoms. The number of aliphatic carboxylic acids is 1. The Morgan fingerprint density at radius 1 is 0.951 bits per heavy atom. The summed E-state index contributed by atoms with van der Waals surface area (Å²) in [4.78, 5) is 51.5. The van der Waals surface area contributed by atoms with Crippen LogP contribution in [0.1, 0.15) is 49.8 Å². The number of carboxylic acid groups (broad SMARTS) is 1. The van der Waals surface area contributed by atoms with Crippen LogP contribution in [0.25, 0.3) is 11.1 Å². The summed E-state index contributed by atoms with van der Waals surface area (Å²) < 4.78 is 11.3. The molecular formula is C32H32N2O7. The predicted octanol–water partition coefficient (Wildman–Crippen LogP) is 4.53. The maximum absolute atomic E-state index is 13.1. The summed E-state index contributed by atoms with van der Waals surface area (Å²) in [6, 6.07) is 20.0. The molecule has 0 bridgehead atoms. The molecule has 1 aliphatic carbocycles. The Hall–Kier alpha value is -4.66. The Labute approximate surface area is 238 Å². The molecule has 3 aromatic rings. The SMILES string of the molecule is CC(C)(C)Oc1ccc(C[C@@H](C(=O)O)N2C(=O)C[C@H](NC(=O)OCC3c4ccccc4-c4ccccc43)C2=O)cc1. The number of hydrogen-bond donors (Lipinski definition) is 2. The van der Waals surface area contributed by atoms with E-state index >= 15 is 0 Å². The number of carboxylic acids is 1. The number of imide groups is 1. The van der Waals surface area contributed by atoms with Gasteiger partial charge in [0.25, 0.3) is 5.91 Å². The fourth-order valence-corrected chi connectivity index (χ4v) is 5.43. The Morgan fingerprint density at radius 2 is 1.54 bits per heavy atom. The van der Waals surface area contributed by atoms with Crippen LogP contribution in [0.3, 0.4) is 0 Å². The second-order valence-corrected chi connectivity index (χ2v) is 11.2. The highest BCUT2D eigenvalue weighted by molar-refractivity contribution is 6.09. The summed E-state index contributed by atoms with van der Waals surface area (Å²) in [7, 11) is 0. The largest absolute Gasteiger partial charge is 0.488 e. The van der Waals surface area contributed by atoms with Gasteiger partial charge in [-0.2, -0.15) is 0 Å². The molecule has 1 heterocycles. The molecule has 0 saturated carbocycles. The number of fused-ring (bicyclic) bond motifs is 3. The van der Waals surface area contributed by atoms with Crippen molar-refractivity contribution >= 4 is 23.9 Å². The Kier molecular flexibility index (Phi) is 7.53. The monoisotopic (exact) mass is 556 g/mol. The highest BCUT2D eigenvalue weighted by atomic mass is 16.5. The number of nitrogens with one attached hydrogen (secondary N) is 1. The van der Waals surface area contributed by atoms with Gasteiger partial charge in [-0.1, -0.05) is 60.7 Å². The van der Waals surface area contributed by atoms with Crippen molar-refractivity contribution in [2.24, 2.45) is 0 Å². The van der Waals surface area contributed by atoms with E-state index in [2.05, 4.69) is 5.32 Å². The van der Waals surface area contributed by atoms with E-state index in [1.165, 1.54) is 0 Å². The van der Waals surface area contributed by atoms with Gasteiger partial charge in [-0.25, -0.2) is 9.59 Å². The maximum atomic E-state index is 13.1. The van der Waals surface area contributed by atoms with Crippen LogP contribution in [0.2, 0.25) is 0 Å². The van der Waals surface area contributed by atoms with Gasteiger partial charge in [0.1, 0.15) is 30.0 Å². The zero-order valence-electron chi connectivity index (χ0n) is 23.1. The fraction of sp³-hybridized carbons (Fsp3) is 0.312. The molecule has 2 N–H and O–H groups in total. The van der Waals surface area contributed by atoms with Gasteiger partial charge in [0.15, 0.2) is 0 Å². The lowest BCUT2D eigenvalue weighted by Gasteiger charge is -2.24. The van der Waals surface area contributed by atoms with Crippen molar-refractivity contribution in [2.75, 3.05) is 6.61 Å². The molecule has 5 rings (SSSR count). The van der Waals surface area contributed by atoms with E-state index in [1.54, 1.807) is 24.3 Å². The van der Waals surface area contributed by atoms with Gasteiger partial charge in [0.2, 0.25) is 5.91 Å². The first-order chi connectivity index (χ1) is 19.5. The van der Waals surface area contributed by atoms with E-state index < -0.39 is 41.6 Å². The zero-order valence-corrected chi connectivity index (χ0v) is 23.1. The first-order valence-electron chi connectivity index (χ1n) is 13.5. The van der Waals surface area contributed by atoms with Crippen LogP contribution in [-0.2, 0) is 25.5 Å². The van der Waals surface area contributed by atoms with Crippen LogP contribution in [0, 0.1) is 0 Å². The van der Waals surface area contributed by atoms with Crippen LogP contribution in [0.4, 0.5) is 4.79 Å². The van der Waals surface area contributed by atoms with Crippen LogP contribution >= 0.6 is 0 Å². The number of rotatable bonds is 8. The van der Waals surface area contributed by atoms with E-state index in [4.69, 9.17) is 9.47 Å². The summed E-state index contributed by atoms with van der Waals surface area (Å²) in [5.74, 6) is -2.30. The lowest BCUT2D eigenvalue weighted by molar-refractivity contribution is -0.154. The van der Waals surface area contributed by atoms with Crippen molar-refractivity contribution in [2.45, 2.75) is 57.2 Å². The van der Waals surface area contributed by atoms with Crippen molar-refractivity contribution in [1.82, 2.24) is 10.2 Å². The average molecular weight is 557 g/mol. The summed E-state index contributed by atoms with van der Waals surface area (Å²) in [6.07, 6.45) is -1.27. The standard InChI is InChI=1S/C32H32N2O7/c1-32(2,3)41-20-14-12-19(13-15-20)16-27(30(37)38)34-28(35)17-26(29(34)36)33-31(39)40-18-25-23-10-6-4-8-21(23)22-9-5-7-11-24(22)25/h4-15,25-27H,16-18H2,1-3H3,(H,33,39)(H,37,38)/t26-,27-/m0/s1. The first kappa shape index (κ1) is 27.9. The van der Waals surface area contributed by atoms with Crippen molar-refractivity contribution in [3.05, 3.63) is 89.5 Å². The van der Waals surface area contributed by atoms with E-state index in [0.29, 0.717) is 11.3 Å². The lowest BCUT2D eigenvalue weighted by atomic mass is 9.98. The molecule has 1 saturated heterocycles. The summed E-state index contributed by atoms with van der Waals surface area (Å²) in [6.45, 7) is 5.79. The lowest BCUT2D eigenvalue weighted by Crippen LogP contribution is -2.49. The number of amides is 3. The molecule has 3 aromatic carbocycles. The third kappa shape index (κ3) is 5.94. The number of alkyl carbamates (subject to hydrolysis) is 1. The minimum atomic E-state index is -1.42. The van der Waals surface area contributed by atoms with E-state index in [-0.39, 0.29) is 25.4 Å². The molecule has 1 fully saturated rings. The molecule has 1 aliphatic heterocycles.